The number of rotatable bonds is 3. The van der Waals surface area contributed by atoms with Crippen molar-refractivity contribution in [2.24, 2.45) is 5.73 Å². The molecular formula is C16H16N6. The van der Waals surface area contributed by atoms with Crippen molar-refractivity contribution < 1.29 is 0 Å². The largest absolute Gasteiger partial charge is 0.345 e. The maximum Gasteiger partial charge on any atom is 0.161 e. The molecule has 2 atom stereocenters. The number of pyridine rings is 1. The minimum Gasteiger partial charge on any atom is -0.345 e. The van der Waals surface area contributed by atoms with Crippen LogP contribution in [-0.2, 0) is 0 Å². The fourth-order valence-corrected chi connectivity index (χ4v) is 2.29. The van der Waals surface area contributed by atoms with E-state index in [-0.39, 0.29) is 5.92 Å². The van der Waals surface area contributed by atoms with E-state index in [2.05, 4.69) is 26.0 Å². The van der Waals surface area contributed by atoms with E-state index < -0.39 is 5.54 Å². The lowest BCUT2D eigenvalue weighted by Crippen LogP contribution is -2.40. The lowest BCUT2D eigenvalue weighted by molar-refractivity contribution is 0.490. The van der Waals surface area contributed by atoms with Gasteiger partial charge in [-0.05, 0) is 25.1 Å². The first kappa shape index (κ1) is 14.2. The van der Waals surface area contributed by atoms with Gasteiger partial charge >= 0.3 is 0 Å². The first-order valence-corrected chi connectivity index (χ1v) is 6.98. The Morgan fingerprint density at radius 2 is 2.14 bits per heavy atom. The van der Waals surface area contributed by atoms with Gasteiger partial charge in [-0.3, -0.25) is 0 Å². The van der Waals surface area contributed by atoms with E-state index >= 15 is 0 Å². The van der Waals surface area contributed by atoms with Gasteiger partial charge in [0.1, 0.15) is 11.2 Å². The van der Waals surface area contributed by atoms with Crippen molar-refractivity contribution >= 4 is 11.0 Å². The highest BCUT2D eigenvalue weighted by Gasteiger charge is 2.29. The number of nitrogens with two attached hydrogens (primary N) is 1. The number of aromatic amines is 1. The predicted molar refractivity (Wildman–Crippen MR) is 83.7 cm³/mol. The molecule has 0 aromatic carbocycles. The molecule has 2 unspecified atom stereocenters. The molecule has 3 N–H and O–H groups in total. The fourth-order valence-electron chi connectivity index (χ4n) is 2.29. The van der Waals surface area contributed by atoms with Gasteiger partial charge in [0, 0.05) is 35.5 Å². The molecule has 22 heavy (non-hydrogen) atoms. The Hall–Kier alpha value is -2.78. The molecule has 0 fully saturated rings. The zero-order chi connectivity index (χ0) is 15.7. The van der Waals surface area contributed by atoms with Crippen molar-refractivity contribution in [2.45, 2.75) is 25.3 Å². The van der Waals surface area contributed by atoms with Crippen LogP contribution in [0.25, 0.3) is 22.4 Å². The van der Waals surface area contributed by atoms with E-state index in [4.69, 9.17) is 5.73 Å². The summed E-state index contributed by atoms with van der Waals surface area (Å²) in [5, 5.41) is 10.1. The van der Waals surface area contributed by atoms with Crippen molar-refractivity contribution in [1.29, 1.82) is 5.26 Å². The average Bonchev–Trinajstić information content (AvgIpc) is 2.98. The second-order valence-electron chi connectivity index (χ2n) is 5.52. The zero-order valence-electron chi connectivity index (χ0n) is 12.4. The van der Waals surface area contributed by atoms with Crippen molar-refractivity contribution in [2.75, 3.05) is 0 Å². The molecule has 110 valence electrons. The number of hydrogen-bond donors (Lipinski definition) is 2. The van der Waals surface area contributed by atoms with E-state index in [1.807, 2.05) is 25.3 Å². The minimum atomic E-state index is -0.979. The van der Waals surface area contributed by atoms with Crippen LogP contribution in [0.1, 0.15) is 25.5 Å². The molecule has 3 heterocycles. The van der Waals surface area contributed by atoms with Crippen LogP contribution >= 0.6 is 0 Å². The van der Waals surface area contributed by atoms with Gasteiger partial charge in [0.2, 0.25) is 0 Å². The van der Waals surface area contributed by atoms with Crippen LogP contribution in [0.2, 0.25) is 0 Å². The molecule has 0 spiro atoms. The van der Waals surface area contributed by atoms with Crippen molar-refractivity contribution in [1.82, 2.24) is 19.9 Å². The van der Waals surface area contributed by atoms with Crippen LogP contribution in [-0.4, -0.2) is 25.5 Å². The summed E-state index contributed by atoms with van der Waals surface area (Å²) in [5.74, 6) is 0.389. The van der Waals surface area contributed by atoms with Gasteiger partial charge in [-0.15, -0.1) is 0 Å². The highest BCUT2D eigenvalue weighted by atomic mass is 14.9. The lowest BCUT2D eigenvalue weighted by Gasteiger charge is -2.23. The van der Waals surface area contributed by atoms with E-state index in [0.717, 1.165) is 22.3 Å². The summed E-state index contributed by atoms with van der Waals surface area (Å²) in [4.78, 5) is 16.3. The summed E-state index contributed by atoms with van der Waals surface area (Å²) in [6, 6.07) is 7.76. The maximum absolute atomic E-state index is 9.19. The van der Waals surface area contributed by atoms with Crippen LogP contribution in [0.3, 0.4) is 0 Å². The third-order valence-corrected chi connectivity index (χ3v) is 3.95. The number of H-pyrrole nitrogens is 1. The van der Waals surface area contributed by atoms with Gasteiger partial charge in [0.05, 0.1) is 11.8 Å². The van der Waals surface area contributed by atoms with Crippen LogP contribution in [0.4, 0.5) is 0 Å². The number of hydrogen-bond acceptors (Lipinski definition) is 5. The van der Waals surface area contributed by atoms with E-state index in [1.165, 1.54) is 0 Å². The van der Waals surface area contributed by atoms with E-state index in [1.54, 1.807) is 25.4 Å². The number of nitrogens with one attached hydrogen (secondary N) is 1. The molecule has 0 saturated carbocycles. The van der Waals surface area contributed by atoms with Crippen LogP contribution < -0.4 is 5.73 Å². The third-order valence-electron chi connectivity index (χ3n) is 3.95. The molecule has 0 aliphatic carbocycles. The Morgan fingerprint density at radius 1 is 1.32 bits per heavy atom. The number of aromatic nitrogens is 4. The Bertz CT molecular complexity index is 858. The van der Waals surface area contributed by atoms with Crippen LogP contribution in [0.15, 0.2) is 36.8 Å². The second-order valence-corrected chi connectivity index (χ2v) is 5.52. The van der Waals surface area contributed by atoms with Crippen LogP contribution in [0, 0.1) is 11.3 Å². The van der Waals surface area contributed by atoms with Gasteiger partial charge in [0.25, 0.3) is 0 Å². The standard InChI is InChI=1S/C16H16N6/c1-10(16(2,18)9-17)13-5-7-20-15(22-13)12-8-21-14-11(12)4-3-6-19-14/h3-8,10H,18H2,1-2H3,(H,19,21). The van der Waals surface area contributed by atoms with Gasteiger partial charge in [0.15, 0.2) is 5.82 Å². The smallest absolute Gasteiger partial charge is 0.161 e. The SMILES string of the molecule is CC(c1ccnc(-c2c[nH]c3ncccc23)n1)C(C)(N)C#N. The topological polar surface area (TPSA) is 104 Å². The van der Waals surface area contributed by atoms with E-state index in [9.17, 15) is 5.26 Å². The van der Waals surface area contributed by atoms with Gasteiger partial charge in [-0.1, -0.05) is 6.92 Å². The predicted octanol–water partition coefficient (Wildman–Crippen LogP) is 2.36. The summed E-state index contributed by atoms with van der Waals surface area (Å²) < 4.78 is 0. The quantitative estimate of drug-likeness (QED) is 0.771. The van der Waals surface area contributed by atoms with Crippen LogP contribution in [0.5, 0.6) is 0 Å². The summed E-state index contributed by atoms with van der Waals surface area (Å²) in [6.07, 6.45) is 5.26. The highest BCUT2D eigenvalue weighted by molar-refractivity contribution is 5.91. The first-order valence-electron chi connectivity index (χ1n) is 6.98. The Balaban J connectivity index is 2.07. The average molecular weight is 292 g/mol. The number of nitrogens with zero attached hydrogens (tertiary/aromatic N) is 4. The van der Waals surface area contributed by atoms with Gasteiger partial charge in [-0.25, -0.2) is 15.0 Å². The molecule has 0 radical (unpaired) electrons. The molecule has 3 aromatic rings. The molecule has 6 nitrogen and oxygen atoms in total. The fraction of sp³-hybridized carbons (Fsp3) is 0.250. The molecule has 0 aliphatic rings. The molecule has 3 aromatic heterocycles. The Labute approximate surface area is 128 Å². The summed E-state index contributed by atoms with van der Waals surface area (Å²) in [5.41, 5.74) is 7.45. The lowest BCUT2D eigenvalue weighted by atomic mass is 9.87. The number of nitriles is 1. The minimum absolute atomic E-state index is 0.206. The Morgan fingerprint density at radius 3 is 2.91 bits per heavy atom. The molecule has 0 amide bonds. The normalized spacial score (nSPS) is 15.2. The maximum atomic E-state index is 9.19. The summed E-state index contributed by atoms with van der Waals surface area (Å²) in [7, 11) is 0. The molecule has 0 saturated heterocycles. The molecule has 3 rings (SSSR count). The third kappa shape index (κ3) is 2.32. The summed E-state index contributed by atoms with van der Waals surface area (Å²) >= 11 is 0. The molecule has 0 bridgehead atoms. The number of fused-ring (bicyclic) bond motifs is 1. The van der Waals surface area contributed by atoms with Crippen molar-refractivity contribution in [3.8, 4) is 17.5 Å². The molecular weight excluding hydrogens is 276 g/mol. The Kier molecular flexibility index (Phi) is 3.35. The van der Waals surface area contributed by atoms with Gasteiger partial charge in [-0.2, -0.15) is 5.26 Å². The second kappa shape index (κ2) is 5.20. The summed E-state index contributed by atoms with van der Waals surface area (Å²) in [6.45, 7) is 3.60. The van der Waals surface area contributed by atoms with Crippen molar-refractivity contribution in [3.63, 3.8) is 0 Å². The monoisotopic (exact) mass is 292 g/mol. The van der Waals surface area contributed by atoms with Crippen molar-refractivity contribution in [3.05, 3.63) is 42.5 Å². The van der Waals surface area contributed by atoms with E-state index in [0.29, 0.717) is 5.82 Å². The highest BCUT2D eigenvalue weighted by Crippen LogP contribution is 2.28. The zero-order valence-corrected chi connectivity index (χ0v) is 12.4. The first-order chi connectivity index (χ1) is 10.5. The van der Waals surface area contributed by atoms with Gasteiger partial charge < -0.3 is 10.7 Å². The molecule has 6 heteroatoms. The molecule has 0 aliphatic heterocycles.